The minimum Gasteiger partial charge on any atom is -0.296 e. The van der Waals surface area contributed by atoms with Crippen LogP contribution in [0.25, 0.3) is 0 Å². The van der Waals surface area contributed by atoms with Crippen LogP contribution in [0.4, 0.5) is 0 Å². The molecule has 2 rings (SSSR count). The summed E-state index contributed by atoms with van der Waals surface area (Å²) in [6.07, 6.45) is 4.69. The molecule has 2 heterocycles. The predicted octanol–water partition coefficient (Wildman–Crippen LogP) is 2.37. The Morgan fingerprint density at radius 2 is 2.36 bits per heavy atom. The van der Waals surface area contributed by atoms with E-state index in [2.05, 4.69) is 28.9 Å². The highest BCUT2D eigenvalue weighted by molar-refractivity contribution is 5.13. The average Bonchev–Trinajstić information content (AvgIpc) is 2.56. The van der Waals surface area contributed by atoms with Crippen LogP contribution in [-0.2, 0) is 6.54 Å². The number of hydrogen-bond acceptors (Lipinski definition) is 2. The molecule has 1 saturated heterocycles. The van der Waals surface area contributed by atoms with E-state index in [0.717, 1.165) is 18.3 Å². The number of nitrogens with zero attached hydrogens (tertiary/aromatic N) is 2. The maximum absolute atomic E-state index is 4.32. The first-order chi connectivity index (χ1) is 6.75. The number of pyridine rings is 1. The second kappa shape index (κ2) is 4.09. The van der Waals surface area contributed by atoms with Crippen LogP contribution >= 0.6 is 0 Å². The van der Waals surface area contributed by atoms with Gasteiger partial charge in [-0.2, -0.15) is 0 Å². The van der Waals surface area contributed by atoms with Gasteiger partial charge in [0.2, 0.25) is 0 Å². The molecule has 0 spiro atoms. The Balaban J connectivity index is 2.00. The van der Waals surface area contributed by atoms with Crippen LogP contribution in [0.5, 0.6) is 0 Å². The monoisotopic (exact) mass is 190 g/mol. The summed E-state index contributed by atoms with van der Waals surface area (Å²) < 4.78 is 0. The summed E-state index contributed by atoms with van der Waals surface area (Å²) in [5.74, 6) is 0. The van der Waals surface area contributed by atoms with E-state index in [4.69, 9.17) is 0 Å². The fraction of sp³-hybridized carbons (Fsp3) is 0.583. The molecule has 1 atom stereocenters. The van der Waals surface area contributed by atoms with E-state index in [9.17, 15) is 0 Å². The zero-order chi connectivity index (χ0) is 9.97. The standard InChI is InChI=1S/C12H18N2/c1-10-5-6-12(8-13-10)9-14-7-3-4-11(14)2/h5-6,8,11H,3-4,7,9H2,1-2H3. The van der Waals surface area contributed by atoms with E-state index in [-0.39, 0.29) is 0 Å². The van der Waals surface area contributed by atoms with Crippen LogP contribution in [-0.4, -0.2) is 22.5 Å². The molecule has 0 amide bonds. The SMILES string of the molecule is Cc1ccc(CN2CCCC2C)cn1. The summed E-state index contributed by atoms with van der Waals surface area (Å²) in [5, 5.41) is 0. The highest BCUT2D eigenvalue weighted by Gasteiger charge is 2.19. The van der Waals surface area contributed by atoms with Gasteiger partial charge in [0.15, 0.2) is 0 Å². The van der Waals surface area contributed by atoms with Crippen molar-refractivity contribution in [1.29, 1.82) is 0 Å². The third-order valence-corrected chi connectivity index (χ3v) is 3.05. The lowest BCUT2D eigenvalue weighted by atomic mass is 10.2. The van der Waals surface area contributed by atoms with E-state index < -0.39 is 0 Å². The molecular weight excluding hydrogens is 172 g/mol. The first-order valence-corrected chi connectivity index (χ1v) is 5.41. The second-order valence-electron chi connectivity index (χ2n) is 4.27. The lowest BCUT2D eigenvalue weighted by Crippen LogP contribution is -2.26. The number of aryl methyl sites for hydroxylation is 1. The third kappa shape index (κ3) is 2.13. The van der Waals surface area contributed by atoms with Crippen molar-refractivity contribution in [3.63, 3.8) is 0 Å². The fourth-order valence-electron chi connectivity index (χ4n) is 2.05. The first kappa shape index (κ1) is 9.66. The van der Waals surface area contributed by atoms with Gasteiger partial charge in [0.05, 0.1) is 0 Å². The molecule has 0 bridgehead atoms. The number of aromatic nitrogens is 1. The lowest BCUT2D eigenvalue weighted by Gasteiger charge is -2.20. The average molecular weight is 190 g/mol. The summed E-state index contributed by atoms with van der Waals surface area (Å²) in [6, 6.07) is 5.03. The van der Waals surface area contributed by atoms with E-state index in [1.807, 2.05) is 13.1 Å². The minimum absolute atomic E-state index is 0.747. The highest BCUT2D eigenvalue weighted by atomic mass is 15.2. The van der Waals surface area contributed by atoms with Gasteiger partial charge in [0.25, 0.3) is 0 Å². The van der Waals surface area contributed by atoms with Crippen LogP contribution in [0.2, 0.25) is 0 Å². The highest BCUT2D eigenvalue weighted by Crippen LogP contribution is 2.18. The van der Waals surface area contributed by atoms with Crippen LogP contribution < -0.4 is 0 Å². The summed E-state index contributed by atoms with van der Waals surface area (Å²) >= 11 is 0. The molecule has 2 nitrogen and oxygen atoms in total. The van der Waals surface area contributed by atoms with Crippen molar-refractivity contribution in [2.75, 3.05) is 6.54 Å². The van der Waals surface area contributed by atoms with Crippen LogP contribution in [0.15, 0.2) is 18.3 Å². The Kier molecular flexibility index (Phi) is 2.82. The summed E-state index contributed by atoms with van der Waals surface area (Å²) in [5.41, 5.74) is 2.44. The van der Waals surface area contributed by atoms with Gasteiger partial charge in [-0.15, -0.1) is 0 Å². The van der Waals surface area contributed by atoms with Crippen molar-refractivity contribution in [1.82, 2.24) is 9.88 Å². The molecule has 1 aromatic heterocycles. The molecule has 1 unspecified atom stereocenters. The van der Waals surface area contributed by atoms with Crippen molar-refractivity contribution < 1.29 is 0 Å². The fourth-order valence-corrected chi connectivity index (χ4v) is 2.05. The van der Waals surface area contributed by atoms with Crippen molar-refractivity contribution in [2.45, 2.75) is 39.3 Å². The zero-order valence-electron chi connectivity index (χ0n) is 9.03. The van der Waals surface area contributed by atoms with Crippen molar-refractivity contribution in [2.24, 2.45) is 0 Å². The van der Waals surface area contributed by atoms with E-state index in [1.165, 1.54) is 24.9 Å². The maximum atomic E-state index is 4.32. The lowest BCUT2D eigenvalue weighted by molar-refractivity contribution is 0.260. The Morgan fingerprint density at radius 3 is 2.93 bits per heavy atom. The number of hydrogen-bond donors (Lipinski definition) is 0. The number of rotatable bonds is 2. The molecule has 2 heteroatoms. The summed E-state index contributed by atoms with van der Waals surface area (Å²) in [4.78, 5) is 6.85. The Labute approximate surface area is 86.0 Å². The van der Waals surface area contributed by atoms with Crippen LogP contribution in [0.1, 0.15) is 31.0 Å². The maximum Gasteiger partial charge on any atom is 0.0372 e. The molecule has 1 aliphatic heterocycles. The smallest absolute Gasteiger partial charge is 0.0372 e. The first-order valence-electron chi connectivity index (χ1n) is 5.41. The Morgan fingerprint density at radius 1 is 1.50 bits per heavy atom. The molecule has 0 aromatic carbocycles. The normalized spacial score (nSPS) is 22.9. The van der Waals surface area contributed by atoms with E-state index >= 15 is 0 Å². The minimum atomic E-state index is 0.747. The topological polar surface area (TPSA) is 16.1 Å². The van der Waals surface area contributed by atoms with Gasteiger partial charge >= 0.3 is 0 Å². The molecule has 0 aliphatic carbocycles. The summed E-state index contributed by atoms with van der Waals surface area (Å²) in [6.45, 7) is 6.65. The van der Waals surface area contributed by atoms with Crippen LogP contribution in [0.3, 0.4) is 0 Å². The van der Waals surface area contributed by atoms with Gasteiger partial charge in [-0.25, -0.2) is 0 Å². The van der Waals surface area contributed by atoms with E-state index in [1.54, 1.807) is 0 Å². The van der Waals surface area contributed by atoms with Gasteiger partial charge in [-0.3, -0.25) is 9.88 Å². The quantitative estimate of drug-likeness (QED) is 0.711. The van der Waals surface area contributed by atoms with Crippen molar-refractivity contribution >= 4 is 0 Å². The van der Waals surface area contributed by atoms with Crippen molar-refractivity contribution in [3.8, 4) is 0 Å². The van der Waals surface area contributed by atoms with Gasteiger partial charge < -0.3 is 0 Å². The Bertz CT molecular complexity index is 292. The summed E-state index contributed by atoms with van der Waals surface area (Å²) in [7, 11) is 0. The molecule has 14 heavy (non-hydrogen) atoms. The molecule has 0 N–H and O–H groups in total. The molecule has 76 valence electrons. The van der Waals surface area contributed by atoms with Gasteiger partial charge in [0, 0.05) is 24.5 Å². The van der Waals surface area contributed by atoms with Gasteiger partial charge in [0.1, 0.15) is 0 Å². The van der Waals surface area contributed by atoms with E-state index in [0.29, 0.717) is 0 Å². The molecule has 0 radical (unpaired) electrons. The molecule has 1 aliphatic rings. The third-order valence-electron chi connectivity index (χ3n) is 3.05. The van der Waals surface area contributed by atoms with Crippen LogP contribution in [0, 0.1) is 6.92 Å². The molecular formula is C12H18N2. The largest absolute Gasteiger partial charge is 0.296 e. The molecule has 0 saturated carbocycles. The Hall–Kier alpha value is -0.890. The van der Waals surface area contributed by atoms with Crippen molar-refractivity contribution in [3.05, 3.63) is 29.6 Å². The zero-order valence-corrected chi connectivity index (χ0v) is 9.03. The molecule has 1 fully saturated rings. The van der Waals surface area contributed by atoms with Gasteiger partial charge in [-0.1, -0.05) is 6.07 Å². The molecule has 1 aromatic rings. The van der Waals surface area contributed by atoms with Gasteiger partial charge in [-0.05, 0) is 44.9 Å². The predicted molar refractivity (Wildman–Crippen MR) is 58.1 cm³/mol. The number of likely N-dealkylation sites (tertiary alicyclic amines) is 1. The second-order valence-corrected chi connectivity index (χ2v) is 4.27.